The first-order valence-corrected chi connectivity index (χ1v) is 7.72. The Morgan fingerprint density at radius 1 is 1.17 bits per heavy atom. The third kappa shape index (κ3) is 8.95. The zero-order valence-electron chi connectivity index (χ0n) is 14.0. The molecule has 5 nitrogen and oxygen atoms in total. The normalized spacial score (nSPS) is 10.9. The number of hydrogen-bond acceptors (Lipinski definition) is 3. The SMILES string of the molecule is CCNC(=NCc1ccc(OCC)c(F)c1)NCCOCC.I. The fourth-order valence-corrected chi connectivity index (χ4v) is 1.81. The summed E-state index contributed by atoms with van der Waals surface area (Å²) >= 11 is 0. The molecule has 132 valence electrons. The van der Waals surface area contributed by atoms with Crippen LogP contribution >= 0.6 is 24.0 Å². The van der Waals surface area contributed by atoms with Crippen LogP contribution in [-0.4, -0.2) is 38.9 Å². The van der Waals surface area contributed by atoms with Gasteiger partial charge < -0.3 is 20.1 Å². The molecule has 1 aromatic rings. The number of aliphatic imine (C=N–C) groups is 1. The number of guanidine groups is 1. The van der Waals surface area contributed by atoms with Gasteiger partial charge in [0.15, 0.2) is 17.5 Å². The first kappa shape index (κ1) is 21.9. The van der Waals surface area contributed by atoms with Crippen LogP contribution in [0.4, 0.5) is 4.39 Å². The lowest BCUT2D eigenvalue weighted by Crippen LogP contribution is -2.39. The summed E-state index contributed by atoms with van der Waals surface area (Å²) in [7, 11) is 0. The van der Waals surface area contributed by atoms with Crippen molar-refractivity contribution in [3.05, 3.63) is 29.6 Å². The Morgan fingerprint density at radius 2 is 1.96 bits per heavy atom. The number of halogens is 2. The Balaban J connectivity index is 0.00000484. The van der Waals surface area contributed by atoms with Gasteiger partial charge in [-0.3, -0.25) is 0 Å². The second kappa shape index (κ2) is 13.4. The molecule has 1 aromatic carbocycles. The fraction of sp³-hybridized carbons (Fsp3) is 0.562. The van der Waals surface area contributed by atoms with E-state index in [9.17, 15) is 4.39 Å². The molecule has 0 amide bonds. The van der Waals surface area contributed by atoms with Gasteiger partial charge in [-0.05, 0) is 38.5 Å². The van der Waals surface area contributed by atoms with E-state index in [2.05, 4.69) is 15.6 Å². The van der Waals surface area contributed by atoms with Crippen LogP contribution in [-0.2, 0) is 11.3 Å². The average molecular weight is 439 g/mol. The summed E-state index contributed by atoms with van der Waals surface area (Å²) < 4.78 is 24.2. The average Bonchev–Trinajstić information content (AvgIpc) is 2.51. The van der Waals surface area contributed by atoms with Crippen LogP contribution in [0, 0.1) is 5.82 Å². The minimum atomic E-state index is -0.358. The summed E-state index contributed by atoms with van der Waals surface area (Å²) in [6, 6.07) is 4.92. The van der Waals surface area contributed by atoms with Gasteiger partial charge in [-0.15, -0.1) is 24.0 Å². The Morgan fingerprint density at radius 3 is 2.57 bits per heavy atom. The van der Waals surface area contributed by atoms with Crippen LogP contribution < -0.4 is 15.4 Å². The largest absolute Gasteiger partial charge is 0.491 e. The molecule has 0 bridgehead atoms. The van der Waals surface area contributed by atoms with E-state index < -0.39 is 0 Å². The topological polar surface area (TPSA) is 54.9 Å². The van der Waals surface area contributed by atoms with Crippen molar-refractivity contribution in [3.8, 4) is 5.75 Å². The summed E-state index contributed by atoms with van der Waals surface area (Å²) in [6.07, 6.45) is 0. The quantitative estimate of drug-likeness (QED) is 0.269. The summed E-state index contributed by atoms with van der Waals surface area (Å²) in [5.41, 5.74) is 0.794. The van der Waals surface area contributed by atoms with Crippen molar-refractivity contribution in [3.63, 3.8) is 0 Å². The van der Waals surface area contributed by atoms with Crippen molar-refractivity contribution >= 4 is 29.9 Å². The molecule has 0 aliphatic rings. The van der Waals surface area contributed by atoms with Crippen LogP contribution in [0.15, 0.2) is 23.2 Å². The molecule has 23 heavy (non-hydrogen) atoms. The summed E-state index contributed by atoms with van der Waals surface area (Å²) in [4.78, 5) is 4.43. The van der Waals surface area contributed by atoms with Crippen molar-refractivity contribution in [2.45, 2.75) is 27.3 Å². The van der Waals surface area contributed by atoms with Crippen LogP contribution in [0.5, 0.6) is 5.75 Å². The van der Waals surface area contributed by atoms with Gasteiger partial charge in [0, 0.05) is 19.7 Å². The third-order valence-electron chi connectivity index (χ3n) is 2.80. The number of ether oxygens (including phenoxy) is 2. The van der Waals surface area contributed by atoms with Crippen LogP contribution in [0.25, 0.3) is 0 Å². The van der Waals surface area contributed by atoms with Crippen LogP contribution in [0.3, 0.4) is 0 Å². The molecule has 0 heterocycles. The number of rotatable bonds is 9. The Kier molecular flexibility index (Phi) is 12.7. The van der Waals surface area contributed by atoms with Crippen molar-refractivity contribution < 1.29 is 13.9 Å². The minimum Gasteiger partial charge on any atom is -0.491 e. The molecule has 7 heteroatoms. The first-order valence-electron chi connectivity index (χ1n) is 7.72. The Hall–Kier alpha value is -1.09. The van der Waals surface area contributed by atoms with Gasteiger partial charge in [0.1, 0.15) is 0 Å². The minimum absolute atomic E-state index is 0. The van der Waals surface area contributed by atoms with Crippen LogP contribution in [0.1, 0.15) is 26.3 Å². The molecule has 0 spiro atoms. The molecule has 0 aliphatic heterocycles. The lowest BCUT2D eigenvalue weighted by Gasteiger charge is -2.11. The molecule has 0 radical (unpaired) electrons. The van der Waals surface area contributed by atoms with Gasteiger partial charge in [0.2, 0.25) is 0 Å². The molecule has 1 rings (SSSR count). The summed E-state index contributed by atoms with van der Waals surface area (Å²) in [6.45, 7) is 9.38. The molecule has 0 saturated heterocycles. The smallest absolute Gasteiger partial charge is 0.191 e. The molecule has 0 aromatic heterocycles. The highest BCUT2D eigenvalue weighted by atomic mass is 127. The first-order chi connectivity index (χ1) is 10.7. The molecule has 0 unspecified atom stereocenters. The Bertz CT molecular complexity index is 473. The highest BCUT2D eigenvalue weighted by Gasteiger charge is 2.04. The highest BCUT2D eigenvalue weighted by molar-refractivity contribution is 14.0. The van der Waals surface area contributed by atoms with Gasteiger partial charge in [-0.2, -0.15) is 0 Å². The molecular weight excluding hydrogens is 412 g/mol. The van der Waals surface area contributed by atoms with Gasteiger partial charge in [-0.1, -0.05) is 6.07 Å². The third-order valence-corrected chi connectivity index (χ3v) is 2.80. The maximum Gasteiger partial charge on any atom is 0.191 e. The molecule has 0 aliphatic carbocycles. The van der Waals surface area contributed by atoms with Gasteiger partial charge >= 0.3 is 0 Å². The number of nitrogens with zero attached hydrogens (tertiary/aromatic N) is 1. The molecule has 0 atom stereocenters. The summed E-state index contributed by atoms with van der Waals surface area (Å²) in [5.74, 6) is 0.609. The standard InChI is InChI=1S/C16H26FN3O2.HI/c1-4-18-16(19-9-10-21-5-2)20-12-13-7-8-15(22-6-3)14(17)11-13;/h7-8,11H,4-6,9-10,12H2,1-3H3,(H2,18,19,20);1H. The van der Waals surface area contributed by atoms with E-state index in [0.29, 0.717) is 38.9 Å². The Labute approximate surface area is 155 Å². The van der Waals surface area contributed by atoms with E-state index >= 15 is 0 Å². The molecular formula is C16H27FIN3O2. The van der Waals surface area contributed by atoms with E-state index in [1.807, 2.05) is 26.8 Å². The predicted molar refractivity (Wildman–Crippen MR) is 102 cm³/mol. The maximum absolute atomic E-state index is 13.8. The molecule has 0 fully saturated rings. The number of nitrogens with one attached hydrogen (secondary N) is 2. The van der Waals surface area contributed by atoms with Crippen molar-refractivity contribution in [1.29, 1.82) is 0 Å². The van der Waals surface area contributed by atoms with E-state index in [-0.39, 0.29) is 35.5 Å². The van der Waals surface area contributed by atoms with Crippen molar-refractivity contribution in [2.24, 2.45) is 4.99 Å². The monoisotopic (exact) mass is 439 g/mol. The lowest BCUT2D eigenvalue weighted by atomic mass is 10.2. The van der Waals surface area contributed by atoms with E-state index in [1.165, 1.54) is 6.07 Å². The number of benzene rings is 1. The summed E-state index contributed by atoms with van der Waals surface area (Å²) in [5, 5.41) is 6.31. The van der Waals surface area contributed by atoms with Crippen LogP contribution in [0.2, 0.25) is 0 Å². The fourth-order valence-electron chi connectivity index (χ4n) is 1.81. The highest BCUT2D eigenvalue weighted by Crippen LogP contribution is 2.18. The van der Waals surface area contributed by atoms with Crippen molar-refractivity contribution in [2.75, 3.05) is 32.9 Å². The second-order valence-corrected chi connectivity index (χ2v) is 4.52. The van der Waals surface area contributed by atoms with Gasteiger partial charge in [-0.25, -0.2) is 9.38 Å². The predicted octanol–water partition coefficient (Wildman–Crippen LogP) is 2.93. The van der Waals surface area contributed by atoms with E-state index in [0.717, 1.165) is 12.1 Å². The van der Waals surface area contributed by atoms with Crippen molar-refractivity contribution in [1.82, 2.24) is 10.6 Å². The van der Waals surface area contributed by atoms with E-state index in [1.54, 1.807) is 6.07 Å². The molecule has 2 N–H and O–H groups in total. The van der Waals surface area contributed by atoms with Gasteiger partial charge in [0.05, 0.1) is 19.8 Å². The zero-order chi connectivity index (χ0) is 16.2. The maximum atomic E-state index is 13.8. The zero-order valence-corrected chi connectivity index (χ0v) is 16.4. The number of hydrogen-bond donors (Lipinski definition) is 2. The van der Waals surface area contributed by atoms with Gasteiger partial charge in [0.25, 0.3) is 0 Å². The second-order valence-electron chi connectivity index (χ2n) is 4.52. The molecule has 0 saturated carbocycles. The van der Waals surface area contributed by atoms with E-state index in [4.69, 9.17) is 9.47 Å². The lowest BCUT2D eigenvalue weighted by molar-refractivity contribution is 0.152.